The Morgan fingerprint density at radius 1 is 0.359 bits per heavy atom. The van der Waals surface area contributed by atoms with Gasteiger partial charge in [-0.15, -0.1) is 0 Å². The van der Waals surface area contributed by atoms with Crippen LogP contribution in [0, 0.1) is 0 Å². The maximum Gasteiger partial charge on any atom is 0.306 e. The van der Waals surface area contributed by atoms with E-state index in [9.17, 15) is 14.7 Å². The molecule has 0 amide bonds. The van der Waals surface area contributed by atoms with Crippen molar-refractivity contribution in [3.05, 3.63) is 36.5 Å². The zero-order chi connectivity index (χ0) is 46.3. The smallest absolute Gasteiger partial charge is 0.306 e. The Labute approximate surface area is 399 Å². The fourth-order valence-corrected chi connectivity index (χ4v) is 8.62. The van der Waals surface area contributed by atoms with Crippen LogP contribution in [0.3, 0.4) is 0 Å². The first kappa shape index (κ1) is 62.1. The van der Waals surface area contributed by atoms with Gasteiger partial charge < -0.3 is 14.6 Å². The summed E-state index contributed by atoms with van der Waals surface area (Å²) >= 11 is 0. The Bertz CT molecular complexity index is 1020. The van der Waals surface area contributed by atoms with Gasteiger partial charge in [0.1, 0.15) is 6.61 Å². The topological polar surface area (TPSA) is 72.8 Å². The number of allylic oxidation sites excluding steroid dienone is 6. The van der Waals surface area contributed by atoms with Gasteiger partial charge in [0, 0.05) is 12.8 Å². The summed E-state index contributed by atoms with van der Waals surface area (Å²) in [4.78, 5) is 24.5. The number of carbonyl (C=O) groups excluding carboxylic acids is 2. The predicted molar refractivity (Wildman–Crippen MR) is 279 cm³/mol. The largest absolute Gasteiger partial charge is 0.462 e. The number of aliphatic hydroxyl groups excluding tert-OH is 1. The summed E-state index contributed by atoms with van der Waals surface area (Å²) in [5, 5.41) is 9.65. The summed E-state index contributed by atoms with van der Waals surface area (Å²) in [6.07, 6.45) is 71.2. The summed E-state index contributed by atoms with van der Waals surface area (Å²) in [6.45, 7) is 4.17. The van der Waals surface area contributed by atoms with Crippen molar-refractivity contribution >= 4 is 11.9 Å². The molecule has 0 aromatic rings. The Morgan fingerprint density at radius 2 is 0.625 bits per heavy atom. The summed E-state index contributed by atoms with van der Waals surface area (Å²) < 4.78 is 10.7. The molecule has 5 heteroatoms. The van der Waals surface area contributed by atoms with E-state index in [1.54, 1.807) is 0 Å². The molecule has 0 rings (SSSR count). The van der Waals surface area contributed by atoms with Crippen molar-refractivity contribution in [1.82, 2.24) is 0 Å². The Balaban J connectivity index is 3.45. The van der Waals surface area contributed by atoms with Crippen LogP contribution in [0.1, 0.15) is 309 Å². The number of hydrogen-bond donors (Lipinski definition) is 1. The Morgan fingerprint density at radius 3 is 0.938 bits per heavy atom. The fraction of sp³-hybridized carbons (Fsp3) is 0.864. The van der Waals surface area contributed by atoms with Crippen molar-refractivity contribution in [3.8, 4) is 0 Å². The first-order valence-electron chi connectivity index (χ1n) is 28.5. The molecule has 0 aromatic carbocycles. The number of unbranched alkanes of at least 4 members (excludes halogenated alkanes) is 39. The molecule has 0 bridgehead atoms. The van der Waals surface area contributed by atoms with Gasteiger partial charge in [0.2, 0.25) is 0 Å². The molecule has 0 heterocycles. The highest BCUT2D eigenvalue weighted by molar-refractivity contribution is 5.70. The first-order chi connectivity index (χ1) is 31.6. The molecule has 376 valence electrons. The average Bonchev–Trinajstić information content (AvgIpc) is 3.30. The van der Waals surface area contributed by atoms with Crippen LogP contribution in [0.4, 0.5) is 0 Å². The van der Waals surface area contributed by atoms with Crippen LogP contribution in [0.5, 0.6) is 0 Å². The van der Waals surface area contributed by atoms with Crippen molar-refractivity contribution in [2.45, 2.75) is 315 Å². The first-order valence-corrected chi connectivity index (χ1v) is 28.5. The number of carbonyl (C=O) groups is 2. The van der Waals surface area contributed by atoms with E-state index in [2.05, 4.69) is 50.3 Å². The predicted octanol–water partition coefficient (Wildman–Crippen LogP) is 19.1. The van der Waals surface area contributed by atoms with Crippen molar-refractivity contribution in [2.75, 3.05) is 13.2 Å². The lowest BCUT2D eigenvalue weighted by molar-refractivity contribution is -0.161. The third kappa shape index (κ3) is 52.7. The molecule has 1 N–H and O–H groups in total. The third-order valence-electron chi connectivity index (χ3n) is 12.9. The number of rotatable bonds is 53. The molecule has 0 aliphatic rings. The zero-order valence-electron chi connectivity index (χ0n) is 43.1. The number of hydrogen-bond acceptors (Lipinski definition) is 5. The summed E-state index contributed by atoms with van der Waals surface area (Å²) in [5.74, 6) is -0.575. The molecule has 0 saturated heterocycles. The average molecular weight is 900 g/mol. The molecule has 0 saturated carbocycles. The van der Waals surface area contributed by atoms with E-state index >= 15 is 0 Å². The lowest BCUT2D eigenvalue weighted by Gasteiger charge is -2.15. The monoisotopic (exact) mass is 899 g/mol. The van der Waals surface area contributed by atoms with E-state index < -0.39 is 6.10 Å². The highest BCUT2D eigenvalue weighted by Gasteiger charge is 2.16. The van der Waals surface area contributed by atoms with Gasteiger partial charge in [0.05, 0.1) is 6.61 Å². The lowest BCUT2D eigenvalue weighted by Crippen LogP contribution is -2.28. The molecule has 1 unspecified atom stereocenters. The normalized spacial score (nSPS) is 12.4. The summed E-state index contributed by atoms with van der Waals surface area (Å²) in [7, 11) is 0. The van der Waals surface area contributed by atoms with Crippen LogP contribution >= 0.6 is 0 Å². The molecule has 1 atom stereocenters. The van der Waals surface area contributed by atoms with E-state index in [1.807, 2.05) is 0 Å². The Hall–Kier alpha value is -1.88. The molecular weight excluding hydrogens is 789 g/mol. The number of aliphatic hydroxyl groups is 1. The van der Waals surface area contributed by atoms with Crippen LogP contribution in [-0.4, -0.2) is 36.4 Å². The van der Waals surface area contributed by atoms with Gasteiger partial charge in [-0.25, -0.2) is 0 Å². The van der Waals surface area contributed by atoms with Gasteiger partial charge in [-0.2, -0.15) is 0 Å². The second-order valence-electron chi connectivity index (χ2n) is 19.4. The lowest BCUT2D eigenvalue weighted by atomic mass is 10.0. The maximum atomic E-state index is 12.3. The van der Waals surface area contributed by atoms with Gasteiger partial charge in [0.15, 0.2) is 6.10 Å². The maximum absolute atomic E-state index is 12.3. The van der Waals surface area contributed by atoms with E-state index in [-0.39, 0.29) is 25.2 Å². The van der Waals surface area contributed by atoms with Crippen LogP contribution < -0.4 is 0 Å². The molecule has 0 fully saturated rings. The standard InChI is InChI=1S/C59H110O5/c1-3-5-7-9-11-13-15-17-19-21-23-25-27-28-29-30-32-34-36-38-40-42-44-46-48-50-52-54-59(62)64-57(55-60)56-63-58(61)53-51-49-47-45-43-41-39-37-35-33-31-26-24-22-20-18-16-14-12-10-8-6-4-2/h15,17,21,23,27-28,57,60H,3-14,16,18-20,22,24-26,29-56H2,1-2H3/b17-15-,23-21-,28-27-. The van der Waals surface area contributed by atoms with Crippen molar-refractivity contribution < 1.29 is 24.2 Å². The van der Waals surface area contributed by atoms with E-state index in [4.69, 9.17) is 9.47 Å². The minimum atomic E-state index is -0.771. The molecule has 5 nitrogen and oxygen atoms in total. The molecule has 0 aliphatic heterocycles. The van der Waals surface area contributed by atoms with E-state index in [0.29, 0.717) is 12.8 Å². The summed E-state index contributed by atoms with van der Waals surface area (Å²) in [6, 6.07) is 0. The molecule has 0 aromatic heterocycles. The summed E-state index contributed by atoms with van der Waals surface area (Å²) in [5.41, 5.74) is 0. The molecule has 0 aliphatic carbocycles. The molecular formula is C59H110O5. The van der Waals surface area contributed by atoms with Gasteiger partial charge in [-0.05, 0) is 51.4 Å². The van der Waals surface area contributed by atoms with E-state index in [1.165, 1.54) is 238 Å². The fourth-order valence-electron chi connectivity index (χ4n) is 8.62. The second kappa shape index (κ2) is 55.4. The van der Waals surface area contributed by atoms with Gasteiger partial charge in [0.25, 0.3) is 0 Å². The number of ether oxygens (including phenoxy) is 2. The zero-order valence-corrected chi connectivity index (χ0v) is 43.1. The van der Waals surface area contributed by atoms with Crippen LogP contribution in [-0.2, 0) is 19.1 Å². The van der Waals surface area contributed by atoms with Gasteiger partial charge in [-0.1, -0.05) is 281 Å². The second-order valence-corrected chi connectivity index (χ2v) is 19.4. The van der Waals surface area contributed by atoms with Crippen LogP contribution in [0.15, 0.2) is 36.5 Å². The molecule has 64 heavy (non-hydrogen) atoms. The molecule has 0 radical (unpaired) electrons. The van der Waals surface area contributed by atoms with E-state index in [0.717, 1.165) is 44.9 Å². The van der Waals surface area contributed by atoms with Crippen molar-refractivity contribution in [2.24, 2.45) is 0 Å². The van der Waals surface area contributed by atoms with Gasteiger partial charge in [-0.3, -0.25) is 9.59 Å². The molecule has 0 spiro atoms. The quantitative estimate of drug-likeness (QED) is 0.0374. The highest BCUT2D eigenvalue weighted by atomic mass is 16.6. The van der Waals surface area contributed by atoms with Crippen molar-refractivity contribution in [3.63, 3.8) is 0 Å². The van der Waals surface area contributed by atoms with Gasteiger partial charge >= 0.3 is 11.9 Å². The minimum Gasteiger partial charge on any atom is -0.462 e. The highest BCUT2D eigenvalue weighted by Crippen LogP contribution is 2.17. The van der Waals surface area contributed by atoms with Crippen molar-refractivity contribution in [1.29, 1.82) is 0 Å². The van der Waals surface area contributed by atoms with Crippen LogP contribution in [0.2, 0.25) is 0 Å². The minimum absolute atomic E-state index is 0.0617. The third-order valence-corrected chi connectivity index (χ3v) is 12.9. The Kier molecular flexibility index (Phi) is 53.8. The number of esters is 2. The van der Waals surface area contributed by atoms with Crippen LogP contribution in [0.25, 0.3) is 0 Å². The SMILES string of the molecule is CCCCCCC/C=C\C/C=C\C/C=C\CCCCCCCCCCCCCCC(=O)OC(CO)COC(=O)CCCCCCCCCCCCCCCCCCCCCCCCC.